The minimum Gasteiger partial charge on any atom is -0.392 e. The maximum absolute atomic E-state index is 11.3. The van der Waals surface area contributed by atoms with Gasteiger partial charge in [-0.2, -0.15) is 0 Å². The third kappa shape index (κ3) is 2.56. The number of rotatable bonds is 3. The highest BCUT2D eigenvalue weighted by atomic mass is 16.3. The van der Waals surface area contributed by atoms with E-state index in [2.05, 4.69) is 4.98 Å². The zero-order valence-corrected chi connectivity index (χ0v) is 11.7. The van der Waals surface area contributed by atoms with Crippen LogP contribution in [0.5, 0.6) is 0 Å². The fraction of sp³-hybridized carbons (Fsp3) is 0.111. The molecule has 3 heteroatoms. The summed E-state index contributed by atoms with van der Waals surface area (Å²) in [6.45, 7) is 1.94. The van der Waals surface area contributed by atoms with Gasteiger partial charge in [-0.1, -0.05) is 30.3 Å². The molecule has 0 amide bonds. The maximum atomic E-state index is 11.3. The quantitative estimate of drug-likeness (QED) is 0.745. The predicted octanol–water partition coefficient (Wildman–Crippen LogP) is 3.52. The van der Waals surface area contributed by atoms with Gasteiger partial charge < -0.3 is 5.11 Å². The van der Waals surface area contributed by atoms with Crippen LogP contribution in [-0.2, 0) is 6.61 Å². The molecule has 0 fully saturated rings. The number of aromatic nitrogens is 1. The minimum atomic E-state index is 0.0286. The van der Waals surface area contributed by atoms with Gasteiger partial charge in [0.05, 0.1) is 12.1 Å². The van der Waals surface area contributed by atoms with Gasteiger partial charge in [0.2, 0.25) is 0 Å². The number of aliphatic hydroxyl groups is 1. The lowest BCUT2D eigenvalue weighted by Crippen LogP contribution is -1.92. The Morgan fingerprint density at radius 3 is 2.48 bits per heavy atom. The average Bonchev–Trinajstić information content (AvgIpc) is 2.54. The van der Waals surface area contributed by atoms with Gasteiger partial charge in [-0.25, -0.2) is 0 Å². The summed E-state index contributed by atoms with van der Waals surface area (Å²) in [5, 5.41) is 10.0. The first-order chi connectivity index (χ1) is 10.2. The smallest absolute Gasteiger partial charge is 0.152 e. The number of fused-ring (bicyclic) bond motifs is 1. The molecule has 0 unspecified atom stereocenters. The van der Waals surface area contributed by atoms with Gasteiger partial charge in [0.1, 0.15) is 0 Å². The summed E-state index contributed by atoms with van der Waals surface area (Å²) in [6, 6.07) is 15.5. The van der Waals surface area contributed by atoms with E-state index in [4.69, 9.17) is 5.11 Å². The molecule has 3 nitrogen and oxygen atoms in total. The summed E-state index contributed by atoms with van der Waals surface area (Å²) in [4.78, 5) is 15.8. The third-order valence-electron chi connectivity index (χ3n) is 3.56. The first-order valence-corrected chi connectivity index (χ1v) is 6.78. The number of hydrogen-bond donors (Lipinski definition) is 1. The van der Waals surface area contributed by atoms with E-state index >= 15 is 0 Å². The summed E-state index contributed by atoms with van der Waals surface area (Å²) in [5.74, 6) is 0. The predicted molar refractivity (Wildman–Crippen MR) is 83.2 cm³/mol. The Morgan fingerprint density at radius 1 is 1.05 bits per heavy atom. The molecule has 0 saturated carbocycles. The zero-order valence-electron chi connectivity index (χ0n) is 11.7. The molecule has 104 valence electrons. The van der Waals surface area contributed by atoms with Crippen molar-refractivity contribution >= 4 is 17.2 Å². The lowest BCUT2D eigenvalue weighted by atomic mass is 9.99. The number of carbonyl (C=O) groups is 1. The summed E-state index contributed by atoms with van der Waals surface area (Å²) in [7, 11) is 0. The topological polar surface area (TPSA) is 50.2 Å². The van der Waals surface area contributed by atoms with Crippen LogP contribution in [0.4, 0.5) is 0 Å². The molecule has 0 aliphatic carbocycles. The van der Waals surface area contributed by atoms with E-state index < -0.39 is 0 Å². The van der Waals surface area contributed by atoms with Crippen molar-refractivity contribution < 1.29 is 9.90 Å². The summed E-state index contributed by atoms with van der Waals surface area (Å²) in [5.41, 5.74) is 5.08. The lowest BCUT2D eigenvalue weighted by molar-refractivity contribution is 0.112. The second-order valence-corrected chi connectivity index (χ2v) is 5.06. The molecule has 21 heavy (non-hydrogen) atoms. The highest BCUT2D eigenvalue weighted by molar-refractivity contribution is 5.98. The highest BCUT2D eigenvalue weighted by Gasteiger charge is 2.07. The maximum Gasteiger partial charge on any atom is 0.152 e. The van der Waals surface area contributed by atoms with Gasteiger partial charge in [-0.15, -0.1) is 0 Å². The number of aryl methyl sites for hydroxylation is 1. The van der Waals surface area contributed by atoms with Crippen LogP contribution in [0.3, 0.4) is 0 Å². The molecule has 3 aromatic rings. The van der Waals surface area contributed by atoms with E-state index in [-0.39, 0.29) is 6.61 Å². The fourth-order valence-corrected chi connectivity index (χ4v) is 2.42. The number of pyridine rings is 1. The molecular weight excluding hydrogens is 262 g/mol. The van der Waals surface area contributed by atoms with Crippen LogP contribution in [0.25, 0.3) is 22.0 Å². The van der Waals surface area contributed by atoms with Crippen LogP contribution in [0.15, 0.2) is 48.5 Å². The minimum absolute atomic E-state index is 0.0286. The van der Waals surface area contributed by atoms with Crippen LogP contribution in [0, 0.1) is 6.92 Å². The Bertz CT molecular complexity index is 807. The SMILES string of the molecule is Cc1ccc2cc(-c3ccc(CO)cc3)cc(C=O)c2n1. The molecule has 0 bridgehead atoms. The van der Waals surface area contributed by atoms with Crippen molar-refractivity contribution in [1.29, 1.82) is 0 Å². The third-order valence-corrected chi connectivity index (χ3v) is 3.56. The van der Waals surface area contributed by atoms with Crippen molar-refractivity contribution in [2.75, 3.05) is 0 Å². The van der Waals surface area contributed by atoms with Gasteiger partial charge in [0.15, 0.2) is 6.29 Å². The Labute approximate surface area is 122 Å². The summed E-state index contributed by atoms with van der Waals surface area (Å²) in [6.07, 6.45) is 0.848. The normalized spacial score (nSPS) is 10.8. The van der Waals surface area contributed by atoms with Crippen molar-refractivity contribution in [3.63, 3.8) is 0 Å². The molecule has 0 atom stereocenters. The van der Waals surface area contributed by atoms with Crippen LogP contribution >= 0.6 is 0 Å². The van der Waals surface area contributed by atoms with E-state index in [1.54, 1.807) is 0 Å². The molecule has 1 aromatic heterocycles. The van der Waals surface area contributed by atoms with Crippen LogP contribution in [-0.4, -0.2) is 16.4 Å². The summed E-state index contributed by atoms with van der Waals surface area (Å²) >= 11 is 0. The van der Waals surface area contributed by atoms with Crippen molar-refractivity contribution in [2.24, 2.45) is 0 Å². The first kappa shape index (κ1) is 13.5. The monoisotopic (exact) mass is 277 g/mol. The number of carbonyl (C=O) groups excluding carboxylic acids is 1. The number of hydrogen-bond acceptors (Lipinski definition) is 3. The fourth-order valence-electron chi connectivity index (χ4n) is 2.42. The summed E-state index contributed by atoms with van der Waals surface area (Å²) < 4.78 is 0. The molecule has 2 aromatic carbocycles. The van der Waals surface area contributed by atoms with E-state index in [1.165, 1.54) is 0 Å². The molecule has 0 aliphatic rings. The molecule has 1 N–H and O–H groups in total. The Morgan fingerprint density at radius 2 is 1.81 bits per heavy atom. The van der Waals surface area contributed by atoms with Crippen molar-refractivity contribution in [1.82, 2.24) is 4.98 Å². The van der Waals surface area contributed by atoms with Gasteiger partial charge >= 0.3 is 0 Å². The van der Waals surface area contributed by atoms with E-state index in [0.717, 1.165) is 39.6 Å². The zero-order chi connectivity index (χ0) is 14.8. The van der Waals surface area contributed by atoms with Crippen LogP contribution in [0.1, 0.15) is 21.6 Å². The molecular formula is C18H15NO2. The van der Waals surface area contributed by atoms with Crippen LogP contribution in [0.2, 0.25) is 0 Å². The van der Waals surface area contributed by atoms with Crippen molar-refractivity contribution in [2.45, 2.75) is 13.5 Å². The number of benzene rings is 2. The molecule has 3 rings (SSSR count). The molecule has 0 aliphatic heterocycles. The molecule has 0 spiro atoms. The van der Waals surface area contributed by atoms with Gasteiger partial charge in [0.25, 0.3) is 0 Å². The second-order valence-electron chi connectivity index (χ2n) is 5.06. The standard InChI is InChI=1S/C18H15NO2/c1-12-2-5-15-8-16(9-17(11-21)18(15)19-12)14-6-3-13(10-20)4-7-14/h2-9,11,20H,10H2,1H3. The van der Waals surface area contributed by atoms with Crippen molar-refractivity contribution in [3.8, 4) is 11.1 Å². The van der Waals surface area contributed by atoms with Crippen molar-refractivity contribution in [3.05, 3.63) is 65.4 Å². The number of aldehydes is 1. The Hall–Kier alpha value is -2.52. The number of aliphatic hydroxyl groups excluding tert-OH is 1. The van der Waals surface area contributed by atoms with Gasteiger partial charge in [-0.05, 0) is 41.8 Å². The molecule has 1 heterocycles. The Balaban J connectivity index is 2.18. The largest absolute Gasteiger partial charge is 0.392 e. The second kappa shape index (κ2) is 5.46. The number of nitrogens with zero attached hydrogens (tertiary/aromatic N) is 1. The first-order valence-electron chi connectivity index (χ1n) is 6.78. The van der Waals surface area contributed by atoms with E-state index in [0.29, 0.717) is 5.56 Å². The lowest BCUT2D eigenvalue weighted by Gasteiger charge is -2.08. The van der Waals surface area contributed by atoms with E-state index in [1.807, 2.05) is 55.5 Å². The van der Waals surface area contributed by atoms with Gasteiger partial charge in [-0.3, -0.25) is 9.78 Å². The van der Waals surface area contributed by atoms with Crippen LogP contribution < -0.4 is 0 Å². The van der Waals surface area contributed by atoms with E-state index in [9.17, 15) is 4.79 Å². The highest BCUT2D eigenvalue weighted by Crippen LogP contribution is 2.26. The Kier molecular flexibility index (Phi) is 3.50. The average molecular weight is 277 g/mol. The molecule has 0 saturated heterocycles. The molecule has 0 radical (unpaired) electrons. The van der Waals surface area contributed by atoms with Gasteiger partial charge in [0, 0.05) is 16.6 Å².